The molecule has 8 rings (SSSR count). The van der Waals surface area contributed by atoms with Gasteiger partial charge in [0.1, 0.15) is 5.58 Å². The van der Waals surface area contributed by atoms with Crippen LogP contribution >= 0.6 is 0 Å². The van der Waals surface area contributed by atoms with Crippen LogP contribution in [-0.4, -0.2) is 11.8 Å². The van der Waals surface area contributed by atoms with E-state index in [1.54, 1.807) is 0 Å². The third-order valence-corrected chi connectivity index (χ3v) is 9.82. The monoisotopic (exact) mass is 600 g/mol. The van der Waals surface area contributed by atoms with Crippen molar-refractivity contribution in [2.75, 3.05) is 5.32 Å². The number of rotatable bonds is 7. The third-order valence-electron chi connectivity index (χ3n) is 9.82. The molecule has 0 amide bonds. The number of aromatic nitrogens is 1. The molecular weight excluding hydrogens is 559 g/mol. The maximum atomic E-state index is 6.68. The van der Waals surface area contributed by atoms with Crippen molar-refractivity contribution in [3.8, 4) is 16.8 Å². The van der Waals surface area contributed by atoms with Gasteiger partial charge in [-0.15, -0.1) is 0 Å². The van der Waals surface area contributed by atoms with E-state index >= 15 is 0 Å². The predicted octanol–water partition coefficient (Wildman–Crippen LogP) is 9.98. The van der Waals surface area contributed by atoms with Crippen molar-refractivity contribution >= 4 is 62.6 Å². The number of unbranched alkanes of at least 4 members (excludes halogenated alkanes) is 2. The van der Waals surface area contributed by atoms with Crippen molar-refractivity contribution in [2.24, 2.45) is 0 Å². The van der Waals surface area contributed by atoms with Gasteiger partial charge in [0, 0.05) is 38.6 Å². The van der Waals surface area contributed by atoms with Crippen LogP contribution in [0.2, 0.25) is 0 Å². The third kappa shape index (κ3) is 4.66. The van der Waals surface area contributed by atoms with Gasteiger partial charge in [-0.25, -0.2) is 0 Å². The van der Waals surface area contributed by atoms with Gasteiger partial charge in [0.05, 0.1) is 16.9 Å². The summed E-state index contributed by atoms with van der Waals surface area (Å²) in [5, 5.41) is 7.65. The summed E-state index contributed by atoms with van der Waals surface area (Å²) in [6.45, 7) is 11.5. The molecule has 0 spiro atoms. The Labute approximate surface area is 272 Å². The van der Waals surface area contributed by atoms with Crippen LogP contribution in [0.25, 0.3) is 49.6 Å². The average molecular weight is 601 g/mol. The van der Waals surface area contributed by atoms with Gasteiger partial charge in [0.15, 0.2) is 0 Å². The van der Waals surface area contributed by atoms with E-state index in [1.807, 2.05) is 0 Å². The number of aryl methyl sites for hydroxylation is 2. The number of benzene rings is 5. The number of hydrogen-bond donors (Lipinski definition) is 1. The van der Waals surface area contributed by atoms with E-state index in [-0.39, 0.29) is 5.41 Å². The quantitative estimate of drug-likeness (QED) is 0.146. The molecule has 0 saturated carbocycles. The van der Waals surface area contributed by atoms with E-state index in [2.05, 4.69) is 142 Å². The van der Waals surface area contributed by atoms with Crippen LogP contribution in [0.4, 0.5) is 11.4 Å². The molecule has 2 aromatic heterocycles. The fourth-order valence-electron chi connectivity index (χ4n) is 7.56. The summed E-state index contributed by atoms with van der Waals surface area (Å²) in [5.41, 5.74) is 15.7. The van der Waals surface area contributed by atoms with Crippen LogP contribution < -0.4 is 16.4 Å². The molecule has 0 unspecified atom stereocenters. The molecule has 3 heterocycles. The minimum absolute atomic E-state index is 0.0620. The lowest BCUT2D eigenvalue weighted by Gasteiger charge is -2.27. The first-order chi connectivity index (χ1) is 22.3. The Balaban J connectivity index is 1.36. The predicted molar refractivity (Wildman–Crippen MR) is 199 cm³/mol. The summed E-state index contributed by atoms with van der Waals surface area (Å²) in [6, 6.07) is 35.8. The summed E-state index contributed by atoms with van der Waals surface area (Å²) >= 11 is 0. The molecular formula is C42H41BN2O. The second kappa shape index (κ2) is 11.0. The van der Waals surface area contributed by atoms with Crippen molar-refractivity contribution < 1.29 is 4.42 Å². The van der Waals surface area contributed by atoms with Crippen molar-refractivity contribution in [1.29, 1.82) is 0 Å². The maximum absolute atomic E-state index is 6.68. The Bertz CT molecular complexity index is 2260. The largest absolute Gasteiger partial charge is 0.469 e. The van der Waals surface area contributed by atoms with E-state index in [0.29, 0.717) is 0 Å². The van der Waals surface area contributed by atoms with Crippen molar-refractivity contribution in [3.05, 3.63) is 114 Å². The number of nitrogens with zero attached hydrogens (tertiary/aromatic N) is 1. The van der Waals surface area contributed by atoms with Gasteiger partial charge in [-0.2, -0.15) is 0 Å². The Kier molecular flexibility index (Phi) is 6.86. The Morgan fingerprint density at radius 3 is 2.39 bits per heavy atom. The number of furan rings is 1. The van der Waals surface area contributed by atoms with E-state index in [1.165, 1.54) is 85.4 Å². The van der Waals surface area contributed by atoms with Gasteiger partial charge in [-0.3, -0.25) is 0 Å². The zero-order chi connectivity index (χ0) is 31.6. The highest BCUT2D eigenvalue weighted by molar-refractivity contribution is 6.73. The molecule has 228 valence electrons. The molecule has 3 nitrogen and oxygen atoms in total. The molecule has 0 saturated heterocycles. The van der Waals surface area contributed by atoms with Crippen LogP contribution in [0.1, 0.15) is 63.6 Å². The van der Waals surface area contributed by atoms with E-state index in [9.17, 15) is 0 Å². The SMILES string of the molecule is CCCCCc1ccc(Nc2ccccc2-c2cc(C(C)(C)C)c3c4ccccc4n4c3c2Bc2oc3ccc(C)cc3c2-4)cc1. The van der Waals surface area contributed by atoms with Gasteiger partial charge in [-0.1, -0.05) is 107 Å². The van der Waals surface area contributed by atoms with Crippen LogP contribution in [0.5, 0.6) is 0 Å². The molecule has 1 aliphatic rings. The van der Waals surface area contributed by atoms with Crippen LogP contribution in [-0.2, 0) is 11.8 Å². The topological polar surface area (TPSA) is 30.1 Å². The van der Waals surface area contributed by atoms with Gasteiger partial charge in [-0.05, 0) is 83.7 Å². The molecule has 0 radical (unpaired) electrons. The molecule has 5 aromatic carbocycles. The zero-order valence-corrected chi connectivity index (χ0v) is 27.6. The number of hydrogen-bond acceptors (Lipinski definition) is 2. The van der Waals surface area contributed by atoms with Crippen LogP contribution in [0, 0.1) is 6.92 Å². The zero-order valence-electron chi connectivity index (χ0n) is 27.6. The van der Waals surface area contributed by atoms with Crippen molar-refractivity contribution in [2.45, 2.75) is 65.7 Å². The maximum Gasteiger partial charge on any atom is 0.244 e. The van der Waals surface area contributed by atoms with Crippen molar-refractivity contribution in [3.63, 3.8) is 0 Å². The van der Waals surface area contributed by atoms with Crippen LogP contribution in [0.3, 0.4) is 0 Å². The normalized spacial score (nSPS) is 12.5. The fraction of sp³-hybridized carbons (Fsp3) is 0.238. The summed E-state index contributed by atoms with van der Waals surface area (Å²) in [6.07, 6.45) is 4.92. The molecule has 7 aromatic rings. The molecule has 1 N–H and O–H groups in total. The second-order valence-electron chi connectivity index (χ2n) is 14.2. The molecule has 0 bridgehead atoms. The first-order valence-electron chi connectivity index (χ1n) is 16.9. The Morgan fingerprint density at radius 1 is 0.804 bits per heavy atom. The summed E-state index contributed by atoms with van der Waals surface area (Å²) in [5.74, 6) is 0. The Morgan fingerprint density at radius 2 is 1.59 bits per heavy atom. The number of anilines is 2. The summed E-state index contributed by atoms with van der Waals surface area (Å²) < 4.78 is 9.19. The minimum atomic E-state index is -0.0620. The molecule has 46 heavy (non-hydrogen) atoms. The van der Waals surface area contributed by atoms with Crippen molar-refractivity contribution in [1.82, 2.24) is 4.57 Å². The first kappa shape index (κ1) is 28.8. The van der Waals surface area contributed by atoms with E-state index in [0.717, 1.165) is 36.3 Å². The lowest BCUT2D eigenvalue weighted by atomic mass is 9.61. The number of fused-ring (bicyclic) bond motifs is 7. The average Bonchev–Trinajstić information content (AvgIpc) is 3.58. The van der Waals surface area contributed by atoms with E-state index in [4.69, 9.17) is 4.42 Å². The molecule has 4 heteroatoms. The highest BCUT2D eigenvalue weighted by Gasteiger charge is 2.33. The number of para-hydroxylation sites is 2. The molecule has 0 atom stereocenters. The molecule has 1 aliphatic heterocycles. The standard InChI is InChI=1S/C42H41BN2O/c1-6-7-8-13-27-19-21-28(22-20-27)44-34-16-11-9-14-29(34)31-25-33(42(3,4)5)37-30-15-10-12-17-35(30)45-39-32-24-26(2)18-23-36(32)46-41(39)43-38(31)40(37)45/h9-12,14-25,43-44H,6-8,13H2,1-5H3. The Hall–Kier alpha value is -4.70. The highest BCUT2D eigenvalue weighted by Crippen LogP contribution is 2.44. The van der Waals surface area contributed by atoms with Gasteiger partial charge in [0.2, 0.25) is 7.28 Å². The lowest BCUT2D eigenvalue weighted by Crippen LogP contribution is -2.36. The number of nitrogens with one attached hydrogen (secondary N) is 1. The van der Waals surface area contributed by atoms with Crippen LogP contribution in [0.15, 0.2) is 101 Å². The summed E-state index contributed by atoms with van der Waals surface area (Å²) in [7, 11) is 0.746. The highest BCUT2D eigenvalue weighted by atomic mass is 16.3. The fourth-order valence-corrected chi connectivity index (χ4v) is 7.56. The minimum Gasteiger partial charge on any atom is -0.469 e. The van der Waals surface area contributed by atoms with E-state index < -0.39 is 0 Å². The summed E-state index contributed by atoms with van der Waals surface area (Å²) in [4.78, 5) is 0. The van der Waals surface area contributed by atoms with Gasteiger partial charge in [0.25, 0.3) is 0 Å². The molecule has 0 fully saturated rings. The molecule has 0 aliphatic carbocycles. The lowest BCUT2D eigenvalue weighted by molar-refractivity contribution is 0.596. The van der Waals surface area contributed by atoms with Gasteiger partial charge < -0.3 is 14.3 Å². The first-order valence-corrected chi connectivity index (χ1v) is 16.9. The second-order valence-corrected chi connectivity index (χ2v) is 14.2. The smallest absolute Gasteiger partial charge is 0.244 e. The van der Waals surface area contributed by atoms with Gasteiger partial charge >= 0.3 is 0 Å².